The van der Waals surface area contributed by atoms with Crippen LogP contribution in [0.4, 0.5) is 0 Å². The Bertz CT molecular complexity index is 375. The van der Waals surface area contributed by atoms with Gasteiger partial charge in [-0.25, -0.2) is 4.98 Å². The van der Waals surface area contributed by atoms with Gasteiger partial charge in [-0.1, -0.05) is 27.7 Å². The summed E-state index contributed by atoms with van der Waals surface area (Å²) < 4.78 is 5.84. The third kappa shape index (κ3) is 4.65. The number of nitrogens with zero attached hydrogens (tertiary/aromatic N) is 1. The molecule has 1 atom stereocenters. The summed E-state index contributed by atoms with van der Waals surface area (Å²) in [5.74, 6) is 1.56. The third-order valence-corrected chi connectivity index (χ3v) is 2.78. The Morgan fingerprint density at radius 2 is 1.83 bits per heavy atom. The monoisotopic (exact) mass is 251 g/mol. The molecule has 0 fully saturated rings. The number of hydrogen-bond donors (Lipinski definition) is 1. The summed E-state index contributed by atoms with van der Waals surface area (Å²) in [6.07, 6.45) is 1.15. The lowest BCUT2D eigenvalue weighted by Crippen LogP contribution is -2.15. The lowest BCUT2D eigenvalue weighted by molar-refractivity contribution is 0.184. The molecule has 1 N–H and O–H groups in total. The molecule has 102 valence electrons. The molecule has 0 bridgehead atoms. The Hall–Kier alpha value is -1.09. The van der Waals surface area contributed by atoms with Gasteiger partial charge in [-0.15, -0.1) is 0 Å². The van der Waals surface area contributed by atoms with E-state index in [9.17, 15) is 5.11 Å². The Morgan fingerprint density at radius 3 is 2.33 bits per heavy atom. The number of aliphatic hydroxyl groups is 1. The molecule has 1 unspecified atom stereocenters. The fourth-order valence-electron chi connectivity index (χ4n) is 1.95. The first-order valence-electron chi connectivity index (χ1n) is 6.70. The van der Waals surface area contributed by atoms with Crippen molar-refractivity contribution in [3.05, 3.63) is 23.4 Å². The predicted molar refractivity (Wildman–Crippen MR) is 73.8 cm³/mol. The van der Waals surface area contributed by atoms with E-state index >= 15 is 0 Å². The van der Waals surface area contributed by atoms with E-state index in [1.54, 1.807) is 0 Å². The fourth-order valence-corrected chi connectivity index (χ4v) is 1.95. The molecule has 0 aliphatic heterocycles. The van der Waals surface area contributed by atoms with Gasteiger partial charge in [-0.2, -0.15) is 0 Å². The quantitative estimate of drug-likeness (QED) is 0.841. The highest BCUT2D eigenvalue weighted by Crippen LogP contribution is 2.21. The molecule has 0 aliphatic carbocycles. The molecule has 1 rings (SSSR count). The second-order valence-corrected chi connectivity index (χ2v) is 5.61. The second-order valence-electron chi connectivity index (χ2n) is 5.61. The molecule has 1 heterocycles. The van der Waals surface area contributed by atoms with Crippen molar-refractivity contribution in [1.82, 2.24) is 4.98 Å². The molecule has 1 aromatic rings. The van der Waals surface area contributed by atoms with Crippen molar-refractivity contribution in [2.24, 2.45) is 5.92 Å². The van der Waals surface area contributed by atoms with Gasteiger partial charge in [0, 0.05) is 11.8 Å². The molecule has 0 saturated carbocycles. The minimum Gasteiger partial charge on any atom is -0.475 e. The van der Waals surface area contributed by atoms with Crippen LogP contribution in [0.15, 0.2) is 12.1 Å². The zero-order chi connectivity index (χ0) is 13.7. The third-order valence-electron chi connectivity index (χ3n) is 2.78. The first-order valence-corrected chi connectivity index (χ1v) is 6.70. The fraction of sp³-hybridized carbons (Fsp3) is 0.667. The van der Waals surface area contributed by atoms with Gasteiger partial charge in [-0.05, 0) is 36.8 Å². The Labute approximate surface area is 110 Å². The van der Waals surface area contributed by atoms with E-state index in [1.807, 2.05) is 12.1 Å². The van der Waals surface area contributed by atoms with Crippen molar-refractivity contribution in [1.29, 1.82) is 0 Å². The van der Waals surface area contributed by atoms with Crippen LogP contribution in [0, 0.1) is 5.92 Å². The summed E-state index contributed by atoms with van der Waals surface area (Å²) in [4.78, 5) is 4.49. The van der Waals surface area contributed by atoms with Gasteiger partial charge < -0.3 is 9.84 Å². The van der Waals surface area contributed by atoms with Gasteiger partial charge in [0.15, 0.2) is 0 Å². The molecular formula is C15H25NO2. The number of ether oxygens (including phenoxy) is 1. The summed E-state index contributed by atoms with van der Waals surface area (Å²) in [6, 6.07) is 3.76. The van der Waals surface area contributed by atoms with Crippen LogP contribution in [0.5, 0.6) is 5.88 Å². The van der Waals surface area contributed by atoms with E-state index in [0.717, 1.165) is 17.7 Å². The van der Waals surface area contributed by atoms with Crippen LogP contribution in [0.1, 0.15) is 58.2 Å². The van der Waals surface area contributed by atoms with Gasteiger partial charge in [0.25, 0.3) is 0 Å². The average Bonchev–Trinajstić information content (AvgIpc) is 2.27. The van der Waals surface area contributed by atoms with E-state index in [2.05, 4.69) is 39.6 Å². The molecule has 0 aliphatic rings. The largest absolute Gasteiger partial charge is 0.475 e. The molecular weight excluding hydrogens is 226 g/mol. The summed E-state index contributed by atoms with van der Waals surface area (Å²) >= 11 is 0. The number of hydrogen-bond acceptors (Lipinski definition) is 3. The van der Waals surface area contributed by atoms with Gasteiger partial charge in [0.2, 0.25) is 5.88 Å². The standard InChI is InChI=1S/C15H25NO2/c1-10(2)6-12(5)18-15-8-13(9-17)7-14(16-15)11(3)4/h7-8,10-12,17H,6,9H2,1-5H3. The maximum atomic E-state index is 9.26. The molecule has 0 radical (unpaired) electrons. The van der Waals surface area contributed by atoms with Crippen molar-refractivity contribution < 1.29 is 9.84 Å². The van der Waals surface area contributed by atoms with E-state index in [-0.39, 0.29) is 12.7 Å². The topological polar surface area (TPSA) is 42.4 Å². The Morgan fingerprint density at radius 1 is 1.17 bits per heavy atom. The molecule has 0 saturated heterocycles. The van der Waals surface area contributed by atoms with Crippen LogP contribution < -0.4 is 4.74 Å². The average molecular weight is 251 g/mol. The van der Waals surface area contributed by atoms with E-state index < -0.39 is 0 Å². The smallest absolute Gasteiger partial charge is 0.214 e. The first kappa shape index (κ1) is 15.0. The van der Waals surface area contributed by atoms with Crippen LogP contribution in [0.3, 0.4) is 0 Å². The van der Waals surface area contributed by atoms with Crippen LogP contribution in [-0.4, -0.2) is 16.2 Å². The molecule has 0 aromatic carbocycles. The highest BCUT2D eigenvalue weighted by Gasteiger charge is 2.11. The number of rotatable bonds is 6. The van der Waals surface area contributed by atoms with E-state index in [0.29, 0.717) is 17.7 Å². The highest BCUT2D eigenvalue weighted by atomic mass is 16.5. The molecule has 18 heavy (non-hydrogen) atoms. The molecule has 3 heteroatoms. The molecule has 3 nitrogen and oxygen atoms in total. The van der Waals surface area contributed by atoms with Gasteiger partial charge in [0.05, 0.1) is 12.7 Å². The van der Waals surface area contributed by atoms with Gasteiger partial charge in [0.1, 0.15) is 0 Å². The van der Waals surface area contributed by atoms with Crippen LogP contribution in [0.2, 0.25) is 0 Å². The summed E-state index contributed by atoms with van der Waals surface area (Å²) in [7, 11) is 0. The van der Waals surface area contributed by atoms with Crippen LogP contribution in [-0.2, 0) is 6.61 Å². The van der Waals surface area contributed by atoms with Crippen LogP contribution in [0.25, 0.3) is 0 Å². The van der Waals surface area contributed by atoms with E-state index in [4.69, 9.17) is 4.74 Å². The van der Waals surface area contributed by atoms with Gasteiger partial charge in [-0.3, -0.25) is 0 Å². The van der Waals surface area contributed by atoms with E-state index in [1.165, 1.54) is 0 Å². The predicted octanol–water partition coefficient (Wildman–Crippen LogP) is 3.51. The van der Waals surface area contributed by atoms with Crippen molar-refractivity contribution in [3.63, 3.8) is 0 Å². The number of pyridine rings is 1. The molecule has 1 aromatic heterocycles. The normalized spacial score (nSPS) is 13.1. The highest BCUT2D eigenvalue weighted by molar-refractivity contribution is 5.26. The van der Waals surface area contributed by atoms with Crippen molar-refractivity contribution in [3.8, 4) is 5.88 Å². The Balaban J connectivity index is 2.84. The maximum Gasteiger partial charge on any atom is 0.214 e. The van der Waals surface area contributed by atoms with Crippen LogP contribution >= 0.6 is 0 Å². The minimum absolute atomic E-state index is 0.0250. The number of aromatic nitrogens is 1. The lowest BCUT2D eigenvalue weighted by Gasteiger charge is -2.17. The zero-order valence-electron chi connectivity index (χ0n) is 12.1. The summed E-state index contributed by atoms with van der Waals surface area (Å²) in [6.45, 7) is 10.6. The van der Waals surface area contributed by atoms with Crippen molar-refractivity contribution in [2.45, 2.75) is 59.7 Å². The van der Waals surface area contributed by atoms with Gasteiger partial charge >= 0.3 is 0 Å². The summed E-state index contributed by atoms with van der Waals surface area (Å²) in [5.41, 5.74) is 1.83. The number of aliphatic hydroxyl groups excluding tert-OH is 1. The first-order chi connectivity index (χ1) is 8.42. The maximum absolute atomic E-state index is 9.26. The molecule has 0 spiro atoms. The van der Waals surface area contributed by atoms with Crippen molar-refractivity contribution in [2.75, 3.05) is 0 Å². The molecule has 0 amide bonds. The second kappa shape index (κ2) is 6.74. The summed E-state index contributed by atoms with van der Waals surface area (Å²) in [5, 5.41) is 9.26. The van der Waals surface area contributed by atoms with Crippen molar-refractivity contribution >= 4 is 0 Å². The SMILES string of the molecule is CC(C)CC(C)Oc1cc(CO)cc(C(C)C)n1. The minimum atomic E-state index is 0.0250. The lowest BCUT2D eigenvalue weighted by atomic mass is 10.1. The Kier molecular flexibility index (Phi) is 5.60. The zero-order valence-corrected chi connectivity index (χ0v) is 12.1.